The van der Waals surface area contributed by atoms with Crippen molar-refractivity contribution < 1.29 is 8.42 Å². The molecule has 1 aliphatic rings. The van der Waals surface area contributed by atoms with Gasteiger partial charge in [0.25, 0.3) is 0 Å². The highest BCUT2D eigenvalue weighted by atomic mass is 35.5. The standard InChI is InChI=1S/C12H16ClN5O2S/c1-2-16-7-11(5-10(16)6-13)21(19,20)18-4-3-17-9-14-15-12(17)8-18/h5,7,9H,2-4,6,8H2,1H3. The SMILES string of the molecule is CCn1cc(S(=O)(=O)N2CCn3cnnc3C2)cc1CCl. The molecule has 0 aromatic carbocycles. The molecule has 3 rings (SSSR count). The zero-order valence-corrected chi connectivity index (χ0v) is 13.2. The van der Waals surface area contributed by atoms with Gasteiger partial charge in [0.1, 0.15) is 17.0 Å². The van der Waals surface area contributed by atoms with Gasteiger partial charge in [-0.2, -0.15) is 4.31 Å². The Morgan fingerprint density at radius 3 is 2.86 bits per heavy atom. The molecule has 0 N–H and O–H groups in total. The molecule has 2 aromatic rings. The van der Waals surface area contributed by atoms with E-state index in [-0.39, 0.29) is 17.3 Å². The Hall–Kier alpha value is -1.38. The van der Waals surface area contributed by atoms with E-state index in [9.17, 15) is 8.42 Å². The van der Waals surface area contributed by atoms with Crippen molar-refractivity contribution in [2.24, 2.45) is 0 Å². The van der Waals surface area contributed by atoms with Crippen molar-refractivity contribution in [1.82, 2.24) is 23.6 Å². The van der Waals surface area contributed by atoms with Gasteiger partial charge in [0.05, 0.1) is 12.4 Å². The van der Waals surface area contributed by atoms with Crippen LogP contribution in [0.1, 0.15) is 18.4 Å². The quantitative estimate of drug-likeness (QED) is 0.786. The number of sulfonamides is 1. The summed E-state index contributed by atoms with van der Waals surface area (Å²) in [6.07, 6.45) is 3.27. The van der Waals surface area contributed by atoms with Gasteiger partial charge in [-0.3, -0.25) is 0 Å². The fourth-order valence-electron chi connectivity index (χ4n) is 2.47. The van der Waals surface area contributed by atoms with Crippen LogP contribution in [-0.4, -0.2) is 38.6 Å². The summed E-state index contributed by atoms with van der Waals surface area (Å²) >= 11 is 5.86. The Morgan fingerprint density at radius 1 is 1.38 bits per heavy atom. The molecule has 114 valence electrons. The van der Waals surface area contributed by atoms with E-state index in [0.717, 1.165) is 5.69 Å². The molecule has 0 saturated heterocycles. The lowest BCUT2D eigenvalue weighted by molar-refractivity contribution is 0.335. The minimum absolute atomic E-state index is 0.246. The maximum absolute atomic E-state index is 12.7. The van der Waals surface area contributed by atoms with E-state index in [1.165, 1.54) is 4.31 Å². The first-order chi connectivity index (χ1) is 10.1. The van der Waals surface area contributed by atoms with Crippen molar-refractivity contribution in [1.29, 1.82) is 0 Å². The Balaban J connectivity index is 1.92. The van der Waals surface area contributed by atoms with Gasteiger partial charge in [-0.25, -0.2) is 8.42 Å². The monoisotopic (exact) mass is 329 g/mol. The van der Waals surface area contributed by atoms with Gasteiger partial charge in [0.15, 0.2) is 0 Å². The summed E-state index contributed by atoms with van der Waals surface area (Å²) in [5.74, 6) is 0.954. The van der Waals surface area contributed by atoms with E-state index in [1.54, 1.807) is 18.6 Å². The number of hydrogen-bond acceptors (Lipinski definition) is 4. The molecule has 0 aliphatic carbocycles. The van der Waals surface area contributed by atoms with Crippen molar-refractivity contribution in [3.05, 3.63) is 30.1 Å². The van der Waals surface area contributed by atoms with Crippen LogP contribution in [0.5, 0.6) is 0 Å². The molecule has 1 aliphatic heterocycles. The normalized spacial score (nSPS) is 16.1. The largest absolute Gasteiger partial charge is 0.349 e. The molecule has 0 unspecified atom stereocenters. The zero-order valence-electron chi connectivity index (χ0n) is 11.6. The lowest BCUT2D eigenvalue weighted by Gasteiger charge is -2.25. The van der Waals surface area contributed by atoms with Crippen molar-refractivity contribution in [2.75, 3.05) is 6.54 Å². The molecule has 2 aromatic heterocycles. The van der Waals surface area contributed by atoms with Gasteiger partial charge < -0.3 is 9.13 Å². The first kappa shape index (κ1) is 14.6. The van der Waals surface area contributed by atoms with E-state index < -0.39 is 10.0 Å². The minimum atomic E-state index is -3.53. The highest BCUT2D eigenvalue weighted by molar-refractivity contribution is 7.89. The molecule has 21 heavy (non-hydrogen) atoms. The van der Waals surface area contributed by atoms with E-state index in [2.05, 4.69) is 10.2 Å². The Labute approximate surface area is 128 Å². The van der Waals surface area contributed by atoms with Crippen LogP contribution >= 0.6 is 11.6 Å². The average Bonchev–Trinajstić information content (AvgIpc) is 3.12. The van der Waals surface area contributed by atoms with Crippen LogP contribution in [0.25, 0.3) is 0 Å². The second-order valence-corrected chi connectivity index (χ2v) is 7.07. The zero-order chi connectivity index (χ0) is 15.0. The molecular weight excluding hydrogens is 314 g/mol. The summed E-state index contributed by atoms with van der Waals surface area (Å²) in [5, 5.41) is 7.76. The maximum Gasteiger partial charge on any atom is 0.245 e. The smallest absolute Gasteiger partial charge is 0.245 e. The molecule has 7 nitrogen and oxygen atoms in total. The van der Waals surface area contributed by atoms with Gasteiger partial charge >= 0.3 is 0 Å². The summed E-state index contributed by atoms with van der Waals surface area (Å²) in [6, 6.07) is 1.64. The van der Waals surface area contributed by atoms with E-state index >= 15 is 0 Å². The van der Waals surface area contributed by atoms with Crippen LogP contribution in [0, 0.1) is 0 Å². The number of hydrogen-bond donors (Lipinski definition) is 0. The van der Waals surface area contributed by atoms with Gasteiger partial charge in [-0.05, 0) is 13.0 Å². The first-order valence-corrected chi connectivity index (χ1v) is 8.65. The third kappa shape index (κ3) is 2.47. The minimum Gasteiger partial charge on any atom is -0.349 e. The number of halogens is 1. The van der Waals surface area contributed by atoms with Crippen molar-refractivity contribution >= 4 is 21.6 Å². The molecule has 0 saturated carbocycles. The molecule has 9 heteroatoms. The Kier molecular flexibility index (Phi) is 3.76. The first-order valence-electron chi connectivity index (χ1n) is 6.68. The summed E-state index contributed by atoms with van der Waals surface area (Å²) < 4.78 is 30.6. The highest BCUT2D eigenvalue weighted by Crippen LogP contribution is 2.23. The topological polar surface area (TPSA) is 73.0 Å². The van der Waals surface area contributed by atoms with Gasteiger partial charge in [0, 0.05) is 31.5 Å². The van der Waals surface area contributed by atoms with E-state index in [0.29, 0.717) is 25.5 Å². The second-order valence-electron chi connectivity index (χ2n) is 4.87. The maximum atomic E-state index is 12.7. The second kappa shape index (κ2) is 5.43. The van der Waals surface area contributed by atoms with Gasteiger partial charge in [0.2, 0.25) is 10.0 Å². The number of nitrogens with zero attached hydrogens (tertiary/aromatic N) is 5. The average molecular weight is 330 g/mol. The highest BCUT2D eigenvalue weighted by Gasteiger charge is 2.30. The third-order valence-electron chi connectivity index (χ3n) is 3.68. The lowest BCUT2D eigenvalue weighted by Crippen LogP contribution is -2.38. The Morgan fingerprint density at radius 2 is 2.19 bits per heavy atom. The van der Waals surface area contributed by atoms with Crippen LogP contribution in [0.2, 0.25) is 0 Å². The molecule has 3 heterocycles. The van der Waals surface area contributed by atoms with E-state index in [1.807, 2.05) is 16.1 Å². The predicted octanol–water partition coefficient (Wildman–Crippen LogP) is 1.04. The fourth-order valence-corrected chi connectivity index (χ4v) is 4.15. The van der Waals surface area contributed by atoms with Crippen molar-refractivity contribution in [2.45, 2.75) is 37.3 Å². The molecule has 0 spiro atoms. The van der Waals surface area contributed by atoms with Gasteiger partial charge in [-0.15, -0.1) is 21.8 Å². The van der Waals surface area contributed by atoms with Gasteiger partial charge in [-0.1, -0.05) is 0 Å². The van der Waals surface area contributed by atoms with Crippen LogP contribution in [0.3, 0.4) is 0 Å². The van der Waals surface area contributed by atoms with Crippen LogP contribution in [-0.2, 0) is 35.5 Å². The molecule has 0 radical (unpaired) electrons. The summed E-state index contributed by atoms with van der Waals surface area (Å²) in [4.78, 5) is 0.285. The van der Waals surface area contributed by atoms with Crippen molar-refractivity contribution in [3.8, 4) is 0 Å². The number of rotatable bonds is 4. The lowest BCUT2D eigenvalue weighted by atomic mass is 10.4. The van der Waals surface area contributed by atoms with E-state index in [4.69, 9.17) is 11.6 Å². The number of aromatic nitrogens is 4. The third-order valence-corrected chi connectivity index (χ3v) is 5.76. The molecule has 0 bridgehead atoms. The van der Waals surface area contributed by atoms with Crippen LogP contribution < -0.4 is 0 Å². The summed E-state index contributed by atoms with van der Waals surface area (Å²) in [7, 11) is -3.53. The number of alkyl halides is 1. The fraction of sp³-hybridized carbons (Fsp3) is 0.500. The molecular formula is C12H16ClN5O2S. The summed E-state index contributed by atoms with van der Waals surface area (Å²) in [6.45, 7) is 3.87. The summed E-state index contributed by atoms with van der Waals surface area (Å²) in [5.41, 5.74) is 0.804. The Bertz CT molecular complexity index is 730. The number of fused-ring (bicyclic) bond motifs is 1. The van der Waals surface area contributed by atoms with Crippen LogP contribution in [0.4, 0.5) is 0 Å². The van der Waals surface area contributed by atoms with Crippen molar-refractivity contribution in [3.63, 3.8) is 0 Å². The molecule has 0 fully saturated rings. The predicted molar refractivity (Wildman–Crippen MR) is 77.3 cm³/mol. The molecule has 0 amide bonds. The van der Waals surface area contributed by atoms with Crippen LogP contribution in [0.15, 0.2) is 23.5 Å². The molecule has 0 atom stereocenters. The number of aryl methyl sites for hydroxylation is 1.